The van der Waals surface area contributed by atoms with E-state index in [1.165, 1.54) is 30.5 Å². The maximum absolute atomic E-state index is 12.5. The number of aromatic nitrogens is 2. The third-order valence-electron chi connectivity index (χ3n) is 5.54. The molecule has 0 aromatic carbocycles. The van der Waals surface area contributed by atoms with Gasteiger partial charge in [-0.25, -0.2) is 4.79 Å². The van der Waals surface area contributed by atoms with E-state index in [0.29, 0.717) is 18.9 Å². The summed E-state index contributed by atoms with van der Waals surface area (Å²) in [6.07, 6.45) is 4.21. The minimum absolute atomic E-state index is 0.0720. The van der Waals surface area contributed by atoms with Crippen LogP contribution in [-0.4, -0.2) is 59.2 Å². The van der Waals surface area contributed by atoms with Crippen molar-refractivity contribution in [3.05, 3.63) is 26.9 Å². The Hall–Kier alpha value is -2.09. The molecule has 0 spiro atoms. The van der Waals surface area contributed by atoms with Crippen LogP contribution in [0.25, 0.3) is 0 Å². The first-order valence-corrected chi connectivity index (χ1v) is 9.49. The second-order valence-electron chi connectivity index (χ2n) is 7.37. The third-order valence-corrected chi connectivity index (χ3v) is 5.54. The van der Waals surface area contributed by atoms with Gasteiger partial charge in [-0.1, -0.05) is 0 Å². The lowest BCUT2D eigenvalue weighted by atomic mass is 9.97. The van der Waals surface area contributed by atoms with Gasteiger partial charge in [0.1, 0.15) is 5.82 Å². The van der Waals surface area contributed by atoms with Crippen molar-refractivity contribution in [1.29, 1.82) is 0 Å². The summed E-state index contributed by atoms with van der Waals surface area (Å²) >= 11 is 0. The van der Waals surface area contributed by atoms with Gasteiger partial charge in [0, 0.05) is 46.3 Å². The molecule has 2 aliphatic rings. The molecule has 1 aromatic heterocycles. The van der Waals surface area contributed by atoms with Crippen molar-refractivity contribution in [2.45, 2.75) is 25.7 Å². The number of carbonyl (C=O) groups is 1. The highest BCUT2D eigenvalue weighted by atomic mass is 16.2. The molecule has 2 saturated heterocycles. The molecule has 0 bridgehead atoms. The van der Waals surface area contributed by atoms with Gasteiger partial charge < -0.3 is 15.1 Å². The van der Waals surface area contributed by atoms with Gasteiger partial charge in [-0.2, -0.15) is 0 Å². The fraction of sp³-hybridized carbons (Fsp3) is 0.722. The molecule has 3 heterocycles. The summed E-state index contributed by atoms with van der Waals surface area (Å²) < 4.78 is 2.57. The van der Waals surface area contributed by atoms with Gasteiger partial charge in [0.25, 0.3) is 5.56 Å². The van der Waals surface area contributed by atoms with E-state index in [1.54, 1.807) is 7.05 Å². The lowest BCUT2D eigenvalue weighted by Gasteiger charge is -2.34. The molecule has 1 amide bonds. The lowest BCUT2D eigenvalue weighted by molar-refractivity contribution is -0.125. The first kappa shape index (κ1) is 18.7. The van der Waals surface area contributed by atoms with Gasteiger partial charge in [0.2, 0.25) is 5.91 Å². The highest BCUT2D eigenvalue weighted by Gasteiger charge is 2.27. The summed E-state index contributed by atoms with van der Waals surface area (Å²) in [7, 11) is 3.14. The van der Waals surface area contributed by atoms with Crippen molar-refractivity contribution in [1.82, 2.24) is 19.4 Å². The molecule has 1 aromatic rings. The fourth-order valence-corrected chi connectivity index (χ4v) is 3.91. The molecular formula is C18H29N5O3. The number of hydrogen-bond donors (Lipinski definition) is 1. The molecule has 144 valence electrons. The second kappa shape index (κ2) is 8.07. The molecule has 1 unspecified atom stereocenters. The predicted molar refractivity (Wildman–Crippen MR) is 101 cm³/mol. The van der Waals surface area contributed by atoms with Gasteiger partial charge in [0.05, 0.1) is 5.92 Å². The van der Waals surface area contributed by atoms with E-state index < -0.39 is 0 Å². The molecule has 2 aliphatic heterocycles. The normalized spacial score (nSPS) is 21.2. The molecule has 0 radical (unpaired) electrons. The second-order valence-corrected chi connectivity index (χ2v) is 7.37. The minimum atomic E-state index is -0.343. The van der Waals surface area contributed by atoms with Crippen LogP contribution in [0.15, 0.2) is 15.7 Å². The lowest BCUT2D eigenvalue weighted by Crippen LogP contribution is -2.47. The number of rotatable bonds is 5. The van der Waals surface area contributed by atoms with Crippen LogP contribution in [0, 0.1) is 5.92 Å². The first-order chi connectivity index (χ1) is 12.5. The summed E-state index contributed by atoms with van der Waals surface area (Å²) in [5, 5.41) is 3.06. The number of likely N-dealkylation sites (tertiary alicyclic amines) is 1. The number of amides is 1. The number of carbonyl (C=O) groups excluding carboxylic acids is 1. The Morgan fingerprint density at radius 2 is 1.85 bits per heavy atom. The number of nitrogens with zero attached hydrogens (tertiary/aromatic N) is 4. The number of nitrogens with one attached hydrogen (secondary N) is 1. The van der Waals surface area contributed by atoms with E-state index in [0.717, 1.165) is 43.6 Å². The topological polar surface area (TPSA) is 79.6 Å². The Balaban J connectivity index is 1.61. The molecular weight excluding hydrogens is 334 g/mol. The maximum atomic E-state index is 12.5. The average molecular weight is 363 g/mol. The zero-order valence-electron chi connectivity index (χ0n) is 15.7. The zero-order valence-corrected chi connectivity index (χ0v) is 15.7. The van der Waals surface area contributed by atoms with Gasteiger partial charge in [-0.3, -0.25) is 18.7 Å². The van der Waals surface area contributed by atoms with Crippen LogP contribution in [-0.2, 0) is 18.9 Å². The van der Waals surface area contributed by atoms with Crippen LogP contribution in [0.2, 0.25) is 0 Å². The Morgan fingerprint density at radius 3 is 2.58 bits per heavy atom. The van der Waals surface area contributed by atoms with Crippen molar-refractivity contribution < 1.29 is 4.79 Å². The van der Waals surface area contributed by atoms with Gasteiger partial charge in [-0.15, -0.1) is 0 Å². The van der Waals surface area contributed by atoms with E-state index in [4.69, 9.17) is 0 Å². The highest BCUT2D eigenvalue weighted by Crippen LogP contribution is 2.21. The van der Waals surface area contributed by atoms with Crippen LogP contribution in [0.5, 0.6) is 0 Å². The molecule has 2 fully saturated rings. The predicted octanol–water partition coefficient (Wildman–Crippen LogP) is -0.488. The smallest absolute Gasteiger partial charge is 0.332 e. The van der Waals surface area contributed by atoms with Gasteiger partial charge >= 0.3 is 5.69 Å². The average Bonchev–Trinajstić information content (AvgIpc) is 3.16. The van der Waals surface area contributed by atoms with Crippen LogP contribution >= 0.6 is 0 Å². The van der Waals surface area contributed by atoms with Crippen LogP contribution in [0.1, 0.15) is 25.7 Å². The Kier molecular flexibility index (Phi) is 5.80. The number of hydrogen-bond acceptors (Lipinski definition) is 5. The molecule has 0 aliphatic carbocycles. The van der Waals surface area contributed by atoms with E-state index in [-0.39, 0.29) is 23.1 Å². The van der Waals surface area contributed by atoms with E-state index in [1.807, 2.05) is 4.90 Å². The summed E-state index contributed by atoms with van der Waals surface area (Å²) in [6, 6.07) is 1.48. The minimum Gasteiger partial charge on any atom is -0.357 e. The summed E-state index contributed by atoms with van der Waals surface area (Å²) in [5.41, 5.74) is -0.662. The summed E-state index contributed by atoms with van der Waals surface area (Å²) in [4.78, 5) is 41.0. The molecule has 1 N–H and O–H groups in total. The molecule has 3 rings (SSSR count). The van der Waals surface area contributed by atoms with Gasteiger partial charge in [0.15, 0.2) is 0 Å². The number of anilines is 1. The van der Waals surface area contributed by atoms with Crippen LogP contribution in [0.4, 0.5) is 5.82 Å². The van der Waals surface area contributed by atoms with Crippen LogP contribution < -0.4 is 21.5 Å². The van der Waals surface area contributed by atoms with Gasteiger partial charge in [-0.05, 0) is 38.8 Å². The summed E-state index contributed by atoms with van der Waals surface area (Å²) in [6.45, 7) is 5.13. The number of piperidine rings is 1. The quantitative estimate of drug-likeness (QED) is 0.764. The van der Waals surface area contributed by atoms with Crippen molar-refractivity contribution >= 4 is 11.7 Å². The molecule has 8 heteroatoms. The molecule has 8 nitrogen and oxygen atoms in total. The monoisotopic (exact) mass is 363 g/mol. The zero-order chi connectivity index (χ0) is 18.7. The Bertz CT molecular complexity index is 763. The SMILES string of the molecule is Cn1c(N2CCCC(C(=O)NCCN3CCCC3)C2)cc(=O)n(C)c1=O. The highest BCUT2D eigenvalue weighted by molar-refractivity contribution is 5.79. The van der Waals surface area contributed by atoms with E-state index in [2.05, 4.69) is 10.2 Å². The standard InChI is InChI=1S/C18H29N5O3/c1-20-15(12-16(24)21(2)18(20)26)23-10-5-6-14(13-23)17(25)19-7-11-22-8-3-4-9-22/h12,14H,3-11,13H2,1-2H3,(H,19,25). The van der Waals surface area contributed by atoms with Crippen LogP contribution in [0.3, 0.4) is 0 Å². The van der Waals surface area contributed by atoms with E-state index in [9.17, 15) is 14.4 Å². The molecule has 26 heavy (non-hydrogen) atoms. The molecule has 1 atom stereocenters. The fourth-order valence-electron chi connectivity index (χ4n) is 3.91. The first-order valence-electron chi connectivity index (χ1n) is 9.49. The Morgan fingerprint density at radius 1 is 1.12 bits per heavy atom. The van der Waals surface area contributed by atoms with E-state index >= 15 is 0 Å². The van der Waals surface area contributed by atoms with Crippen molar-refractivity contribution in [2.24, 2.45) is 20.0 Å². The van der Waals surface area contributed by atoms with Crippen molar-refractivity contribution in [3.63, 3.8) is 0 Å². The van der Waals surface area contributed by atoms with Crippen molar-refractivity contribution in [3.8, 4) is 0 Å². The Labute approximate surface area is 153 Å². The maximum Gasteiger partial charge on any atom is 0.332 e. The molecule has 0 saturated carbocycles. The summed E-state index contributed by atoms with van der Waals surface area (Å²) in [5.74, 6) is 0.553. The van der Waals surface area contributed by atoms with Crippen molar-refractivity contribution in [2.75, 3.05) is 44.2 Å². The third kappa shape index (κ3) is 4.00. The largest absolute Gasteiger partial charge is 0.357 e.